The van der Waals surface area contributed by atoms with Crippen LogP contribution in [0.4, 0.5) is 22.9 Å². The molecule has 2 aliphatic heterocycles. The predicted octanol–water partition coefficient (Wildman–Crippen LogP) is 1.43. The quantitative estimate of drug-likeness (QED) is 0.427. The molecule has 0 saturated carbocycles. The van der Waals surface area contributed by atoms with E-state index in [4.69, 9.17) is 23.2 Å². The average Bonchev–Trinajstić information content (AvgIpc) is 2.97. The molecule has 5 rings (SSSR count). The minimum atomic E-state index is -0.436. The Hall–Kier alpha value is -3.74. The number of benzene rings is 1. The lowest BCUT2D eigenvalue weighted by Gasteiger charge is -2.36. The molecule has 0 bridgehead atoms. The van der Waals surface area contributed by atoms with Gasteiger partial charge in [-0.2, -0.15) is 0 Å². The summed E-state index contributed by atoms with van der Waals surface area (Å²) in [5.41, 5.74) is 10.2. The first-order chi connectivity index (χ1) is 18.6. The van der Waals surface area contributed by atoms with Crippen LogP contribution in [0, 0.1) is 0 Å². The molecule has 2 fully saturated rings. The van der Waals surface area contributed by atoms with Crippen LogP contribution in [-0.2, 0) is 9.39 Å². The number of carbonyl (C=O) groups excluding carboxylic acids is 1. The largest absolute Gasteiger partial charge is 0.446 e. The summed E-state index contributed by atoms with van der Waals surface area (Å²) in [4.78, 5) is 33.1. The van der Waals surface area contributed by atoms with Crippen molar-refractivity contribution in [2.24, 2.45) is 0 Å². The molecule has 196 valence electrons. The molecule has 3 aromatic rings. The second kappa shape index (κ2) is 12.2. The normalized spacial score (nSPS) is 16.4. The number of ether oxygens (including phenoxy) is 1. The van der Waals surface area contributed by atoms with Gasteiger partial charge in [-0.05, 0) is 18.2 Å². The zero-order valence-corrected chi connectivity index (χ0v) is 21.3. The number of hydrogen-bond acceptors (Lipinski definition) is 10. The highest BCUT2D eigenvalue weighted by Gasteiger charge is 2.20. The third-order valence-electron chi connectivity index (χ3n) is 6.84. The second-order valence-electron chi connectivity index (χ2n) is 9.18. The maximum Gasteiger partial charge on any atom is 0.282 e. The van der Waals surface area contributed by atoms with Crippen molar-refractivity contribution in [2.75, 3.05) is 86.5 Å². The molecule has 3 N–H and O–H groups in total. The molecular weight excluding hydrogens is 483 g/mol. The minimum absolute atomic E-state index is 0.0672. The van der Waals surface area contributed by atoms with E-state index < -0.39 is 5.91 Å². The summed E-state index contributed by atoms with van der Waals surface area (Å²) in [5, 5.41) is 2.92. The van der Waals surface area contributed by atoms with Crippen molar-refractivity contribution < 1.29 is 14.2 Å². The molecule has 0 unspecified atom stereocenters. The number of nitrogens with one attached hydrogen (secondary N) is 1. The van der Waals surface area contributed by atoms with E-state index in [0.29, 0.717) is 31.2 Å². The lowest BCUT2D eigenvalue weighted by atomic mass is 10.1. The zero-order valence-electron chi connectivity index (χ0n) is 21.3. The van der Waals surface area contributed by atoms with E-state index in [1.165, 1.54) is 0 Å². The van der Waals surface area contributed by atoms with E-state index in [-0.39, 0.29) is 11.5 Å². The molecular formula is C26H31BN8O3. The molecule has 2 aromatic heterocycles. The van der Waals surface area contributed by atoms with Crippen molar-refractivity contribution in [1.29, 1.82) is 0 Å². The summed E-state index contributed by atoms with van der Waals surface area (Å²) >= 11 is 0. The number of hydrogen-bond donors (Lipinski definition) is 2. The third kappa shape index (κ3) is 6.04. The number of nitrogens with two attached hydrogens (primary N) is 1. The van der Waals surface area contributed by atoms with Gasteiger partial charge in [-0.3, -0.25) is 14.7 Å². The number of nitrogen functional groups attached to an aromatic ring is 1. The molecule has 38 heavy (non-hydrogen) atoms. The number of morpholine rings is 1. The highest BCUT2D eigenvalue weighted by Crippen LogP contribution is 2.27. The fourth-order valence-electron chi connectivity index (χ4n) is 4.70. The van der Waals surface area contributed by atoms with Gasteiger partial charge in [0.2, 0.25) is 0 Å². The van der Waals surface area contributed by atoms with Crippen LogP contribution in [0.15, 0.2) is 48.9 Å². The van der Waals surface area contributed by atoms with Crippen LogP contribution in [0.25, 0.3) is 11.3 Å². The summed E-state index contributed by atoms with van der Waals surface area (Å²) in [6, 6.07) is 9.99. The predicted molar refractivity (Wildman–Crippen MR) is 147 cm³/mol. The number of amides is 1. The van der Waals surface area contributed by atoms with Crippen LogP contribution in [0.1, 0.15) is 10.5 Å². The number of nitrogens with zero attached hydrogens (tertiary/aromatic N) is 6. The lowest BCUT2D eigenvalue weighted by Crippen LogP contribution is -2.47. The van der Waals surface area contributed by atoms with Crippen molar-refractivity contribution in [2.45, 2.75) is 0 Å². The van der Waals surface area contributed by atoms with E-state index in [1.54, 1.807) is 18.6 Å². The molecule has 2 aliphatic rings. The first-order valence-electron chi connectivity index (χ1n) is 12.7. The Bertz CT molecular complexity index is 1230. The first-order valence-corrected chi connectivity index (χ1v) is 12.7. The molecule has 1 amide bonds. The van der Waals surface area contributed by atoms with Crippen molar-refractivity contribution >= 4 is 36.8 Å². The summed E-state index contributed by atoms with van der Waals surface area (Å²) < 4.78 is 10.1. The fourth-order valence-corrected chi connectivity index (χ4v) is 4.70. The Balaban J connectivity index is 1.28. The molecule has 0 spiro atoms. The summed E-state index contributed by atoms with van der Waals surface area (Å²) in [6.45, 7) is 7.88. The van der Waals surface area contributed by atoms with Crippen molar-refractivity contribution in [3.8, 4) is 11.3 Å². The Kier molecular flexibility index (Phi) is 8.32. The number of aromatic nitrogens is 3. The second-order valence-corrected chi connectivity index (χ2v) is 9.18. The van der Waals surface area contributed by atoms with Gasteiger partial charge in [-0.1, -0.05) is 12.1 Å². The Labute approximate surface area is 223 Å². The van der Waals surface area contributed by atoms with Crippen molar-refractivity contribution in [3.63, 3.8) is 0 Å². The number of rotatable bonds is 8. The van der Waals surface area contributed by atoms with E-state index in [2.05, 4.69) is 47.1 Å². The molecule has 1 aromatic carbocycles. The van der Waals surface area contributed by atoms with Gasteiger partial charge < -0.3 is 30.2 Å². The Morgan fingerprint density at radius 3 is 2.53 bits per heavy atom. The van der Waals surface area contributed by atoms with E-state index in [9.17, 15) is 4.79 Å². The van der Waals surface area contributed by atoms with E-state index in [0.717, 1.165) is 62.8 Å². The van der Waals surface area contributed by atoms with Crippen LogP contribution in [0.2, 0.25) is 0 Å². The summed E-state index contributed by atoms with van der Waals surface area (Å²) in [5.74, 6) is -0.369. The van der Waals surface area contributed by atoms with Crippen molar-refractivity contribution in [1.82, 2.24) is 19.9 Å². The molecule has 12 heteroatoms. The Morgan fingerprint density at radius 2 is 1.79 bits per heavy atom. The smallest absolute Gasteiger partial charge is 0.282 e. The fraction of sp³-hybridized carbons (Fsp3) is 0.385. The van der Waals surface area contributed by atoms with Crippen LogP contribution in [0.5, 0.6) is 0 Å². The third-order valence-corrected chi connectivity index (χ3v) is 6.84. The number of pyridine rings is 1. The molecule has 2 radical (unpaired) electrons. The van der Waals surface area contributed by atoms with Gasteiger partial charge in [0.05, 0.1) is 42.7 Å². The standard InChI is InChI=1S/C26H31BN8O3/c27-38-16-11-33-7-9-34(10-8-33)20-3-1-19(2-4-20)21-18-30-25(28)24(31-21)26(36)32-22-17-29-6-5-23(22)35-12-14-37-15-13-35/h1-6,17-18H,7-16H2,(H2,28,30)(H,32,36). The van der Waals surface area contributed by atoms with Gasteiger partial charge in [-0.25, -0.2) is 9.97 Å². The van der Waals surface area contributed by atoms with Gasteiger partial charge >= 0.3 is 0 Å². The van der Waals surface area contributed by atoms with E-state index in [1.807, 2.05) is 18.2 Å². The number of anilines is 4. The molecule has 4 heterocycles. The average molecular weight is 514 g/mol. The van der Waals surface area contributed by atoms with Crippen LogP contribution in [0.3, 0.4) is 0 Å². The first kappa shape index (κ1) is 25.9. The van der Waals surface area contributed by atoms with Crippen LogP contribution in [-0.4, -0.2) is 99.4 Å². The van der Waals surface area contributed by atoms with Crippen molar-refractivity contribution in [3.05, 3.63) is 54.6 Å². The number of piperazine rings is 1. The van der Waals surface area contributed by atoms with Gasteiger partial charge in [0.1, 0.15) is 0 Å². The molecule has 11 nitrogen and oxygen atoms in total. The molecule has 0 aliphatic carbocycles. The Morgan fingerprint density at radius 1 is 1.03 bits per heavy atom. The van der Waals surface area contributed by atoms with Crippen LogP contribution >= 0.6 is 0 Å². The molecule has 2 saturated heterocycles. The van der Waals surface area contributed by atoms with Crippen LogP contribution < -0.4 is 20.9 Å². The highest BCUT2D eigenvalue weighted by atomic mass is 16.5. The van der Waals surface area contributed by atoms with Gasteiger partial charge in [0, 0.05) is 69.9 Å². The number of carbonyl (C=O) groups is 1. The molecule has 0 atom stereocenters. The lowest BCUT2D eigenvalue weighted by molar-refractivity contribution is 0.102. The van der Waals surface area contributed by atoms with Gasteiger partial charge in [0.15, 0.2) is 11.5 Å². The summed E-state index contributed by atoms with van der Waals surface area (Å²) in [6.07, 6.45) is 4.92. The van der Waals surface area contributed by atoms with Gasteiger partial charge in [-0.15, -0.1) is 0 Å². The summed E-state index contributed by atoms with van der Waals surface area (Å²) in [7, 11) is 5.15. The van der Waals surface area contributed by atoms with Gasteiger partial charge in [0.25, 0.3) is 14.0 Å². The zero-order chi connectivity index (χ0) is 26.3. The minimum Gasteiger partial charge on any atom is -0.446 e. The maximum absolute atomic E-state index is 13.2. The van der Waals surface area contributed by atoms with E-state index >= 15 is 0 Å². The highest BCUT2D eigenvalue weighted by molar-refractivity contribution is 6.07. The monoisotopic (exact) mass is 514 g/mol. The maximum atomic E-state index is 13.2. The topological polar surface area (TPSA) is 122 Å². The SMILES string of the molecule is [B]OCCN1CCN(c2ccc(-c3cnc(N)c(C(=O)Nc4cnccc4N4CCOCC4)n3)cc2)CC1.